The first-order valence-corrected chi connectivity index (χ1v) is 8.27. The second-order valence-corrected chi connectivity index (χ2v) is 7.27. The van der Waals surface area contributed by atoms with E-state index < -0.39 is 18.3 Å². The van der Waals surface area contributed by atoms with Gasteiger partial charge in [0.05, 0.1) is 30.0 Å². The summed E-state index contributed by atoms with van der Waals surface area (Å²) < 4.78 is 17.2. The van der Waals surface area contributed by atoms with Gasteiger partial charge in [0.1, 0.15) is 5.75 Å². The molecule has 0 atom stereocenters. The molecule has 1 aromatic rings. The maximum Gasteiger partial charge on any atom is 0.494 e. The summed E-state index contributed by atoms with van der Waals surface area (Å²) in [7, 11) is -0.562. The summed E-state index contributed by atoms with van der Waals surface area (Å²) in [4.78, 5) is 14.2. The fourth-order valence-electron chi connectivity index (χ4n) is 2.79. The molecule has 1 aromatic carbocycles. The number of hydrogen-bond acceptors (Lipinski definition) is 5. The normalized spacial score (nSPS) is 22.7. The number of hydrogen-bond donors (Lipinski definition) is 1. The molecule has 2 heterocycles. The second kappa shape index (κ2) is 6.06. The van der Waals surface area contributed by atoms with Crippen LogP contribution in [0.3, 0.4) is 0 Å². The number of rotatable bonds is 2. The van der Waals surface area contributed by atoms with E-state index in [0.717, 1.165) is 0 Å². The van der Waals surface area contributed by atoms with Gasteiger partial charge in [-0.1, -0.05) is 6.07 Å². The predicted octanol–water partition coefficient (Wildman–Crippen LogP) is 1.16. The van der Waals surface area contributed by atoms with E-state index in [1.807, 2.05) is 27.7 Å². The first kappa shape index (κ1) is 17.3. The zero-order chi connectivity index (χ0) is 17.5. The molecule has 7 heteroatoms. The molecule has 6 nitrogen and oxygen atoms in total. The van der Waals surface area contributed by atoms with Gasteiger partial charge in [-0.05, 0) is 45.3 Å². The number of ether oxygens (including phenoxy) is 1. The minimum atomic E-state index is -0.562. The summed E-state index contributed by atoms with van der Waals surface area (Å²) in [6, 6.07) is 4.96. The third-order valence-electron chi connectivity index (χ3n) is 5.08. The lowest BCUT2D eigenvalue weighted by Crippen LogP contribution is -2.41. The number of aromatic hydroxyl groups is 1. The Bertz CT molecular complexity index is 624. The Kier molecular flexibility index (Phi) is 4.36. The Hall–Kier alpha value is -1.57. The molecule has 0 radical (unpaired) electrons. The van der Waals surface area contributed by atoms with Crippen LogP contribution in [0.1, 0.15) is 38.1 Å². The number of morpholine rings is 1. The molecule has 2 aliphatic rings. The van der Waals surface area contributed by atoms with E-state index in [9.17, 15) is 9.90 Å². The molecule has 2 aliphatic heterocycles. The Morgan fingerprint density at radius 3 is 2.25 bits per heavy atom. The summed E-state index contributed by atoms with van der Waals surface area (Å²) in [5.41, 5.74) is 0.0902. The molecular weight excluding hydrogens is 309 g/mol. The van der Waals surface area contributed by atoms with Crippen LogP contribution in [-0.2, 0) is 14.0 Å². The highest BCUT2D eigenvalue weighted by Crippen LogP contribution is 2.36. The standard InChI is InChI=1S/C17H24BNO5/c1-16(2)17(3,4)24-18(23-16)12-5-6-13(14(20)11-12)15(21)19-7-9-22-10-8-19/h5-6,11,20H,7-10H2,1-4H3. The molecule has 0 unspecified atom stereocenters. The largest absolute Gasteiger partial charge is 0.507 e. The minimum Gasteiger partial charge on any atom is -0.507 e. The second-order valence-electron chi connectivity index (χ2n) is 7.27. The first-order valence-electron chi connectivity index (χ1n) is 8.27. The van der Waals surface area contributed by atoms with Crippen LogP contribution in [0.4, 0.5) is 0 Å². The van der Waals surface area contributed by atoms with E-state index in [0.29, 0.717) is 31.8 Å². The highest BCUT2D eigenvalue weighted by Gasteiger charge is 2.51. The Morgan fingerprint density at radius 2 is 1.71 bits per heavy atom. The zero-order valence-electron chi connectivity index (χ0n) is 14.7. The van der Waals surface area contributed by atoms with E-state index >= 15 is 0 Å². The molecule has 24 heavy (non-hydrogen) atoms. The van der Waals surface area contributed by atoms with Crippen molar-refractivity contribution in [3.8, 4) is 5.75 Å². The van der Waals surface area contributed by atoms with Crippen LogP contribution in [0.25, 0.3) is 0 Å². The van der Waals surface area contributed by atoms with Crippen LogP contribution < -0.4 is 5.46 Å². The van der Waals surface area contributed by atoms with Gasteiger partial charge >= 0.3 is 7.12 Å². The van der Waals surface area contributed by atoms with E-state index in [4.69, 9.17) is 14.0 Å². The van der Waals surface area contributed by atoms with E-state index in [1.165, 1.54) is 0 Å². The molecule has 3 rings (SSSR count). The monoisotopic (exact) mass is 333 g/mol. The summed E-state index contributed by atoms with van der Waals surface area (Å²) in [6.45, 7) is 10.0. The number of carbonyl (C=O) groups is 1. The van der Waals surface area contributed by atoms with Gasteiger partial charge in [0.2, 0.25) is 0 Å². The molecule has 0 aromatic heterocycles. The van der Waals surface area contributed by atoms with Crippen molar-refractivity contribution in [1.82, 2.24) is 4.90 Å². The number of benzene rings is 1. The summed E-state index contributed by atoms with van der Waals surface area (Å²) in [5.74, 6) is -0.241. The lowest BCUT2D eigenvalue weighted by atomic mass is 9.78. The van der Waals surface area contributed by atoms with Crippen molar-refractivity contribution in [2.75, 3.05) is 26.3 Å². The van der Waals surface area contributed by atoms with Crippen LogP contribution in [-0.4, -0.2) is 60.5 Å². The smallest absolute Gasteiger partial charge is 0.494 e. The predicted molar refractivity (Wildman–Crippen MR) is 90.5 cm³/mol. The molecule has 1 amide bonds. The quantitative estimate of drug-likeness (QED) is 0.823. The van der Waals surface area contributed by atoms with Crippen molar-refractivity contribution in [2.24, 2.45) is 0 Å². The summed E-state index contributed by atoms with van der Waals surface area (Å²) in [5, 5.41) is 10.3. The molecule has 0 spiro atoms. The topological polar surface area (TPSA) is 68.2 Å². The average Bonchev–Trinajstić information content (AvgIpc) is 2.75. The lowest BCUT2D eigenvalue weighted by molar-refractivity contribution is 0.00578. The van der Waals surface area contributed by atoms with Crippen molar-refractivity contribution < 1.29 is 23.9 Å². The molecule has 130 valence electrons. The summed E-state index contributed by atoms with van der Waals surface area (Å²) >= 11 is 0. The third-order valence-corrected chi connectivity index (χ3v) is 5.08. The number of amides is 1. The number of carbonyl (C=O) groups excluding carboxylic acids is 1. The van der Waals surface area contributed by atoms with Crippen molar-refractivity contribution >= 4 is 18.5 Å². The maximum atomic E-state index is 12.5. The summed E-state index contributed by atoms with van der Waals surface area (Å²) in [6.07, 6.45) is 0. The lowest BCUT2D eigenvalue weighted by Gasteiger charge is -2.32. The van der Waals surface area contributed by atoms with Gasteiger partial charge in [-0.3, -0.25) is 4.79 Å². The van der Waals surface area contributed by atoms with Crippen molar-refractivity contribution in [2.45, 2.75) is 38.9 Å². The SMILES string of the molecule is CC1(C)OB(c2ccc(C(=O)N3CCOCC3)c(O)c2)OC1(C)C. The molecule has 0 aliphatic carbocycles. The molecule has 2 fully saturated rings. The average molecular weight is 333 g/mol. The van der Waals surface area contributed by atoms with Gasteiger partial charge in [-0.25, -0.2) is 0 Å². The Balaban J connectivity index is 1.79. The van der Waals surface area contributed by atoms with Gasteiger partial charge in [-0.2, -0.15) is 0 Å². The van der Waals surface area contributed by atoms with Crippen LogP contribution >= 0.6 is 0 Å². The molecule has 0 saturated carbocycles. The fraction of sp³-hybridized carbons (Fsp3) is 0.588. The maximum absolute atomic E-state index is 12.5. The fourth-order valence-corrected chi connectivity index (χ4v) is 2.79. The Morgan fingerprint density at radius 1 is 1.12 bits per heavy atom. The minimum absolute atomic E-state index is 0.0568. The Labute approximate surface area is 142 Å². The molecule has 2 saturated heterocycles. The van der Waals surface area contributed by atoms with Crippen LogP contribution in [0.5, 0.6) is 5.75 Å². The van der Waals surface area contributed by atoms with Crippen molar-refractivity contribution in [3.05, 3.63) is 23.8 Å². The van der Waals surface area contributed by atoms with Gasteiger partial charge in [0.15, 0.2) is 0 Å². The van der Waals surface area contributed by atoms with Gasteiger partial charge in [0, 0.05) is 13.1 Å². The van der Waals surface area contributed by atoms with Crippen molar-refractivity contribution in [1.29, 1.82) is 0 Å². The highest BCUT2D eigenvalue weighted by molar-refractivity contribution is 6.62. The van der Waals surface area contributed by atoms with Crippen LogP contribution in [0.2, 0.25) is 0 Å². The van der Waals surface area contributed by atoms with E-state index in [-0.39, 0.29) is 17.2 Å². The molecular formula is C17H24BNO5. The number of nitrogens with zero attached hydrogens (tertiary/aromatic N) is 1. The molecule has 1 N–H and O–H groups in total. The first-order chi connectivity index (χ1) is 11.2. The van der Waals surface area contributed by atoms with Gasteiger partial charge < -0.3 is 24.1 Å². The van der Waals surface area contributed by atoms with Crippen molar-refractivity contribution in [3.63, 3.8) is 0 Å². The zero-order valence-corrected chi connectivity index (χ0v) is 14.7. The number of phenolic OH excluding ortho intramolecular Hbond substituents is 1. The third kappa shape index (κ3) is 3.03. The van der Waals surface area contributed by atoms with Gasteiger partial charge in [0.25, 0.3) is 5.91 Å². The van der Waals surface area contributed by atoms with E-state index in [2.05, 4.69) is 0 Å². The number of phenols is 1. The highest BCUT2D eigenvalue weighted by atomic mass is 16.7. The van der Waals surface area contributed by atoms with Crippen LogP contribution in [0, 0.1) is 0 Å². The van der Waals surface area contributed by atoms with Gasteiger partial charge in [-0.15, -0.1) is 0 Å². The van der Waals surface area contributed by atoms with E-state index in [1.54, 1.807) is 23.1 Å². The van der Waals surface area contributed by atoms with Crippen LogP contribution in [0.15, 0.2) is 18.2 Å². The molecule has 0 bridgehead atoms.